The van der Waals surface area contributed by atoms with E-state index in [1.165, 1.54) is 15.9 Å². The molecule has 0 fully saturated rings. The molecule has 7 nitrogen and oxygen atoms in total. The van der Waals surface area contributed by atoms with Crippen LogP contribution in [0.2, 0.25) is 15.1 Å². The fourth-order valence-electron chi connectivity index (χ4n) is 4.71. The number of halogens is 4. The van der Waals surface area contributed by atoms with E-state index in [9.17, 15) is 9.59 Å². The lowest BCUT2D eigenvalue weighted by molar-refractivity contribution is -0.139. The highest BCUT2D eigenvalue weighted by atomic mass is 127. The molecule has 0 spiro atoms. The van der Waals surface area contributed by atoms with Crippen LogP contribution < -0.4 is 24.4 Å². The Kier molecular flexibility index (Phi) is 9.87. The van der Waals surface area contributed by atoms with Gasteiger partial charge in [-0.15, -0.1) is 0 Å². The van der Waals surface area contributed by atoms with Crippen molar-refractivity contribution in [2.24, 2.45) is 4.99 Å². The van der Waals surface area contributed by atoms with Crippen LogP contribution in [0.1, 0.15) is 36.6 Å². The van der Waals surface area contributed by atoms with Gasteiger partial charge in [0.25, 0.3) is 5.56 Å². The minimum atomic E-state index is -0.818. The standard InChI is InChI=1S/C31H24Cl3IN2O5S/c1-4-41-30(39)26-16(2)36-31-37(27(26)20-7-5-6-8-21(20)32)29(38)25(43-31)13-18-12-19(35)14-24(40-3)28(18)42-15-17-9-10-22(33)23(34)11-17/h5-14,27H,4,15H2,1-3H3/b25-13-/t27-/m1/s1. The number of fused-ring (bicyclic) bond motifs is 1. The van der Waals surface area contributed by atoms with Crippen LogP contribution in [-0.2, 0) is 16.1 Å². The molecule has 1 aliphatic heterocycles. The van der Waals surface area contributed by atoms with Gasteiger partial charge in [-0.1, -0.05) is 70.4 Å². The molecule has 4 aromatic rings. The number of hydrogen-bond acceptors (Lipinski definition) is 7. The largest absolute Gasteiger partial charge is 0.493 e. The SMILES string of the molecule is CCOC(=O)C1=C(C)N=c2s/c(=C\c3cc(I)cc(OC)c3OCc3ccc(Cl)c(Cl)c3)c(=O)n2[C@@H]1c1ccccc1Cl. The first-order chi connectivity index (χ1) is 20.6. The molecular weight excluding hydrogens is 746 g/mol. The van der Waals surface area contributed by atoms with Gasteiger partial charge in [0, 0.05) is 14.2 Å². The predicted molar refractivity (Wildman–Crippen MR) is 178 cm³/mol. The molecule has 5 rings (SSSR count). The van der Waals surface area contributed by atoms with Crippen LogP contribution in [0.5, 0.6) is 11.5 Å². The zero-order valence-electron chi connectivity index (χ0n) is 23.1. The van der Waals surface area contributed by atoms with Gasteiger partial charge in [-0.3, -0.25) is 9.36 Å². The van der Waals surface area contributed by atoms with Crippen LogP contribution in [0.4, 0.5) is 0 Å². The summed E-state index contributed by atoms with van der Waals surface area (Å²) in [6.07, 6.45) is 1.74. The third-order valence-corrected chi connectivity index (χ3v) is 9.33. The number of nitrogens with zero attached hydrogens (tertiary/aromatic N) is 2. The fraction of sp³-hybridized carbons (Fsp3) is 0.194. The van der Waals surface area contributed by atoms with Gasteiger partial charge >= 0.3 is 5.97 Å². The molecule has 0 N–H and O–H groups in total. The summed E-state index contributed by atoms with van der Waals surface area (Å²) in [6.45, 7) is 3.82. The molecule has 0 amide bonds. The molecule has 0 radical (unpaired) electrons. The number of thiazole rings is 1. The maximum absolute atomic E-state index is 14.1. The second-order valence-corrected chi connectivity index (χ2v) is 12.9. The summed E-state index contributed by atoms with van der Waals surface area (Å²) in [4.78, 5) is 32.3. The third-order valence-electron chi connectivity index (χ3n) is 6.64. The molecule has 0 unspecified atom stereocenters. The molecular formula is C31H24Cl3IN2O5S. The van der Waals surface area contributed by atoms with Crippen molar-refractivity contribution < 1.29 is 19.0 Å². The van der Waals surface area contributed by atoms with E-state index in [2.05, 4.69) is 27.6 Å². The summed E-state index contributed by atoms with van der Waals surface area (Å²) in [5.74, 6) is 0.398. The summed E-state index contributed by atoms with van der Waals surface area (Å²) in [5.41, 5.74) is 2.41. The quantitative estimate of drug-likeness (QED) is 0.143. The van der Waals surface area contributed by atoms with Crippen LogP contribution in [0, 0.1) is 3.57 Å². The normalized spacial score (nSPS) is 14.8. The zero-order chi connectivity index (χ0) is 30.8. The Balaban J connectivity index is 1.67. The van der Waals surface area contributed by atoms with Gasteiger partial charge in [-0.05, 0) is 84.0 Å². The molecule has 43 heavy (non-hydrogen) atoms. The lowest BCUT2D eigenvalue weighted by Gasteiger charge is -2.25. The lowest BCUT2D eigenvalue weighted by atomic mass is 9.96. The van der Waals surface area contributed by atoms with Crippen molar-refractivity contribution in [2.75, 3.05) is 13.7 Å². The number of allylic oxidation sites excluding steroid dienone is 1. The molecule has 1 aliphatic rings. The summed E-state index contributed by atoms with van der Waals surface area (Å²) in [5, 5.41) is 1.29. The number of rotatable bonds is 8. The lowest BCUT2D eigenvalue weighted by Crippen LogP contribution is -2.40. The minimum absolute atomic E-state index is 0.175. The van der Waals surface area contributed by atoms with Gasteiger partial charge in [0.05, 0.1) is 39.6 Å². The van der Waals surface area contributed by atoms with Gasteiger partial charge in [0.1, 0.15) is 12.6 Å². The number of hydrogen-bond donors (Lipinski definition) is 0. The zero-order valence-corrected chi connectivity index (χ0v) is 28.4. The van der Waals surface area contributed by atoms with Crippen molar-refractivity contribution in [1.29, 1.82) is 0 Å². The first kappa shape index (κ1) is 31.6. The number of ether oxygens (including phenoxy) is 3. The molecule has 12 heteroatoms. The molecule has 0 bridgehead atoms. The Morgan fingerprint density at radius 2 is 1.86 bits per heavy atom. The summed E-state index contributed by atoms with van der Waals surface area (Å²) < 4.78 is 20.0. The van der Waals surface area contributed by atoms with Gasteiger partial charge in [-0.25, -0.2) is 9.79 Å². The van der Waals surface area contributed by atoms with E-state index in [-0.39, 0.29) is 24.3 Å². The van der Waals surface area contributed by atoms with Crippen LogP contribution in [-0.4, -0.2) is 24.3 Å². The average molecular weight is 770 g/mol. The average Bonchev–Trinajstić information content (AvgIpc) is 3.27. The minimum Gasteiger partial charge on any atom is -0.493 e. The molecule has 0 saturated carbocycles. The van der Waals surface area contributed by atoms with Gasteiger partial charge in [0.15, 0.2) is 16.3 Å². The monoisotopic (exact) mass is 768 g/mol. The molecule has 1 atom stereocenters. The van der Waals surface area contributed by atoms with Gasteiger partial charge < -0.3 is 14.2 Å². The Labute approximate surface area is 280 Å². The Hall–Kier alpha value is -2.83. The first-order valence-corrected chi connectivity index (χ1v) is 16.0. The number of aromatic nitrogens is 1. The number of esters is 1. The van der Waals surface area contributed by atoms with Crippen LogP contribution in [0.15, 0.2) is 75.7 Å². The van der Waals surface area contributed by atoms with E-state index in [4.69, 9.17) is 49.0 Å². The summed E-state index contributed by atoms with van der Waals surface area (Å²) in [7, 11) is 1.55. The van der Waals surface area contributed by atoms with Crippen molar-refractivity contribution in [3.05, 3.63) is 121 Å². The first-order valence-electron chi connectivity index (χ1n) is 13.0. The maximum atomic E-state index is 14.1. The van der Waals surface area contributed by atoms with E-state index in [0.29, 0.717) is 52.7 Å². The van der Waals surface area contributed by atoms with Crippen molar-refractivity contribution in [2.45, 2.75) is 26.5 Å². The van der Waals surface area contributed by atoms with Crippen molar-refractivity contribution in [1.82, 2.24) is 4.57 Å². The third kappa shape index (κ3) is 6.51. The molecule has 222 valence electrons. The summed E-state index contributed by atoms with van der Waals surface area (Å²) >= 11 is 22.3. The predicted octanol–water partition coefficient (Wildman–Crippen LogP) is 6.95. The van der Waals surface area contributed by atoms with E-state index in [1.807, 2.05) is 24.3 Å². The van der Waals surface area contributed by atoms with Crippen molar-refractivity contribution >= 4 is 80.8 Å². The van der Waals surface area contributed by atoms with E-state index >= 15 is 0 Å². The molecule has 0 saturated heterocycles. The second-order valence-electron chi connectivity index (χ2n) is 9.39. The molecule has 0 aliphatic carbocycles. The smallest absolute Gasteiger partial charge is 0.338 e. The summed E-state index contributed by atoms with van der Waals surface area (Å²) in [6, 6.07) is 15.3. The molecule has 2 heterocycles. The fourth-order valence-corrected chi connectivity index (χ4v) is 6.93. The highest BCUT2D eigenvalue weighted by molar-refractivity contribution is 14.1. The topological polar surface area (TPSA) is 79.1 Å². The van der Waals surface area contributed by atoms with Gasteiger partial charge in [0.2, 0.25) is 0 Å². The second kappa shape index (κ2) is 13.4. The van der Waals surface area contributed by atoms with Crippen LogP contribution in [0.3, 0.4) is 0 Å². The molecule has 1 aromatic heterocycles. The van der Waals surface area contributed by atoms with E-state index in [1.54, 1.807) is 57.4 Å². The van der Waals surface area contributed by atoms with E-state index in [0.717, 1.165) is 9.13 Å². The number of benzene rings is 3. The number of carbonyl (C=O) groups is 1. The highest BCUT2D eigenvalue weighted by Crippen LogP contribution is 2.36. The Bertz CT molecular complexity index is 1950. The number of carbonyl (C=O) groups excluding carboxylic acids is 1. The highest BCUT2D eigenvalue weighted by Gasteiger charge is 2.34. The number of methoxy groups -OCH3 is 1. The van der Waals surface area contributed by atoms with Gasteiger partial charge in [-0.2, -0.15) is 0 Å². The van der Waals surface area contributed by atoms with Crippen molar-refractivity contribution in [3.63, 3.8) is 0 Å². The Morgan fingerprint density at radius 1 is 1.09 bits per heavy atom. The van der Waals surface area contributed by atoms with E-state index < -0.39 is 12.0 Å². The Morgan fingerprint density at radius 3 is 2.56 bits per heavy atom. The van der Waals surface area contributed by atoms with Crippen LogP contribution >= 0.6 is 68.7 Å². The van der Waals surface area contributed by atoms with Crippen LogP contribution in [0.25, 0.3) is 6.08 Å². The molecule has 3 aromatic carbocycles. The van der Waals surface area contributed by atoms with Crippen molar-refractivity contribution in [3.8, 4) is 11.5 Å². The maximum Gasteiger partial charge on any atom is 0.338 e.